The Morgan fingerprint density at radius 1 is 0.972 bits per heavy atom. The number of benzene rings is 2. The van der Waals surface area contributed by atoms with Gasteiger partial charge in [0.25, 0.3) is 17.4 Å². The number of fused-ring (bicyclic) bond motifs is 1. The first-order valence-corrected chi connectivity index (χ1v) is 12.1. The van der Waals surface area contributed by atoms with Gasteiger partial charge in [0.05, 0.1) is 17.1 Å². The number of hydrogen-bond acceptors (Lipinski definition) is 4. The quantitative estimate of drug-likeness (QED) is 0.389. The third kappa shape index (κ3) is 4.91. The second kappa shape index (κ2) is 10.0. The fourth-order valence-corrected chi connectivity index (χ4v) is 4.80. The molecule has 2 aromatic carbocycles. The van der Waals surface area contributed by atoms with Crippen molar-refractivity contribution in [1.29, 1.82) is 0 Å². The number of H-pyrrole nitrogens is 1. The lowest BCUT2D eigenvalue weighted by Crippen LogP contribution is -2.59. The summed E-state index contributed by atoms with van der Waals surface area (Å²) < 4.78 is 1.52. The van der Waals surface area contributed by atoms with Crippen molar-refractivity contribution in [2.75, 3.05) is 20.1 Å². The Balaban J connectivity index is 1.29. The van der Waals surface area contributed by atoms with Crippen molar-refractivity contribution in [2.45, 2.75) is 18.5 Å². The number of nitrogens with zero attached hydrogens (tertiary/aromatic N) is 2. The van der Waals surface area contributed by atoms with Crippen molar-refractivity contribution in [3.05, 3.63) is 99.6 Å². The second-order valence-electron chi connectivity index (χ2n) is 9.06. The molecule has 9 heteroatoms. The van der Waals surface area contributed by atoms with Gasteiger partial charge in [0.1, 0.15) is 0 Å². The molecule has 1 fully saturated rings. The van der Waals surface area contributed by atoms with Crippen LogP contribution in [-0.2, 0) is 0 Å². The molecule has 8 nitrogen and oxygen atoms in total. The minimum atomic E-state index is -0.264. The Morgan fingerprint density at radius 2 is 1.69 bits per heavy atom. The van der Waals surface area contributed by atoms with Gasteiger partial charge in [-0.05, 0) is 62.5 Å². The predicted molar refractivity (Wildman–Crippen MR) is 140 cm³/mol. The first-order valence-electron chi connectivity index (χ1n) is 11.7. The van der Waals surface area contributed by atoms with E-state index >= 15 is 0 Å². The van der Waals surface area contributed by atoms with Gasteiger partial charge in [-0.2, -0.15) is 0 Å². The van der Waals surface area contributed by atoms with Crippen LogP contribution in [0.3, 0.4) is 0 Å². The Kier molecular flexibility index (Phi) is 6.63. The lowest BCUT2D eigenvalue weighted by atomic mass is 9.98. The zero-order valence-corrected chi connectivity index (χ0v) is 20.5. The molecule has 36 heavy (non-hydrogen) atoms. The molecule has 2 amide bonds. The number of carbonyl (C=O) groups excluding carboxylic acids is 2. The molecule has 0 radical (unpaired) electrons. The average Bonchev–Trinajstić information content (AvgIpc) is 3.26. The highest BCUT2D eigenvalue weighted by atomic mass is 35.5. The number of rotatable bonds is 5. The fourth-order valence-electron chi connectivity index (χ4n) is 4.58. The summed E-state index contributed by atoms with van der Waals surface area (Å²) in [7, 11) is 1.99. The van der Waals surface area contributed by atoms with Crippen molar-refractivity contribution in [1.82, 2.24) is 25.1 Å². The Labute approximate surface area is 212 Å². The van der Waals surface area contributed by atoms with Crippen molar-refractivity contribution in [2.24, 2.45) is 0 Å². The first-order chi connectivity index (χ1) is 17.4. The van der Waals surface area contributed by atoms with Crippen molar-refractivity contribution < 1.29 is 9.59 Å². The Hall–Kier alpha value is -3.88. The minimum Gasteiger partial charge on any atom is -0.360 e. The van der Waals surface area contributed by atoms with E-state index in [1.807, 2.05) is 13.1 Å². The summed E-state index contributed by atoms with van der Waals surface area (Å²) >= 11 is 6.15. The van der Waals surface area contributed by atoms with Gasteiger partial charge in [0, 0.05) is 52.7 Å². The number of likely N-dealkylation sites (N-methyl/N-ethyl adjacent to an activating group) is 1. The van der Waals surface area contributed by atoms with E-state index in [4.69, 9.17) is 11.6 Å². The molecular weight excluding hydrogens is 478 g/mol. The largest absolute Gasteiger partial charge is 0.360 e. The molecule has 3 N–H and O–H groups in total. The van der Waals surface area contributed by atoms with Crippen LogP contribution in [0.1, 0.15) is 27.1 Å². The number of nitrogens with one attached hydrogen (secondary N) is 3. The maximum Gasteiger partial charge on any atom is 0.255 e. The van der Waals surface area contributed by atoms with E-state index < -0.39 is 0 Å². The van der Waals surface area contributed by atoms with Crippen LogP contribution in [0.15, 0.2) is 77.9 Å². The highest BCUT2D eigenvalue weighted by Gasteiger charge is 2.30. The molecule has 1 aliphatic heterocycles. The smallest absolute Gasteiger partial charge is 0.255 e. The molecule has 1 saturated heterocycles. The summed E-state index contributed by atoms with van der Waals surface area (Å²) in [5.74, 6) is -0.432. The molecule has 184 valence electrons. The molecule has 2 aromatic heterocycles. The molecule has 4 aromatic rings. The normalized spacial score (nSPS) is 18.2. The average molecular weight is 504 g/mol. The van der Waals surface area contributed by atoms with Gasteiger partial charge >= 0.3 is 0 Å². The molecule has 2 unspecified atom stereocenters. The zero-order valence-electron chi connectivity index (χ0n) is 19.7. The third-order valence-corrected chi connectivity index (χ3v) is 6.89. The van der Waals surface area contributed by atoms with Crippen molar-refractivity contribution in [3.8, 4) is 5.69 Å². The monoisotopic (exact) mass is 503 g/mol. The molecule has 0 bridgehead atoms. The van der Waals surface area contributed by atoms with Crippen LogP contribution < -0.4 is 16.2 Å². The van der Waals surface area contributed by atoms with Crippen molar-refractivity contribution in [3.63, 3.8) is 0 Å². The topological polar surface area (TPSA) is 99.2 Å². The number of likely N-dealkylation sites (tertiary alicyclic amines) is 1. The minimum absolute atomic E-state index is 0.142. The molecule has 0 aliphatic carbocycles. The Bertz CT molecular complexity index is 1480. The third-order valence-electron chi connectivity index (χ3n) is 6.57. The first kappa shape index (κ1) is 23.8. The predicted octanol–water partition coefficient (Wildman–Crippen LogP) is 3.20. The lowest BCUT2D eigenvalue weighted by molar-refractivity contribution is 0.0828. The van der Waals surface area contributed by atoms with Gasteiger partial charge in [0.2, 0.25) is 0 Å². The standard InChI is InChI=1S/C27H26ClN5O3/c1-32-13-11-22(30-27(36)18-7-10-20-21(28)15-29-23(20)14-18)24(16-32)31-26(35)17-5-8-19(9-6-17)33-12-3-2-4-25(33)34/h2-10,12,14-15,22,24,29H,11,13,16H2,1H3,(H,30,36)(H,31,35). The summed E-state index contributed by atoms with van der Waals surface area (Å²) in [5, 5.41) is 7.67. The molecule has 5 rings (SSSR count). The van der Waals surface area contributed by atoms with Crippen LogP contribution in [0, 0.1) is 0 Å². The number of amides is 2. The van der Waals surface area contributed by atoms with Crippen LogP contribution in [0.25, 0.3) is 16.6 Å². The van der Waals surface area contributed by atoms with E-state index in [1.165, 1.54) is 10.6 Å². The van der Waals surface area contributed by atoms with E-state index in [-0.39, 0.29) is 29.5 Å². The summed E-state index contributed by atoms with van der Waals surface area (Å²) in [6.07, 6.45) is 4.09. The maximum atomic E-state index is 13.1. The van der Waals surface area contributed by atoms with E-state index in [9.17, 15) is 14.4 Å². The Morgan fingerprint density at radius 3 is 2.47 bits per heavy atom. The van der Waals surface area contributed by atoms with Gasteiger partial charge in [0.15, 0.2) is 0 Å². The molecule has 0 saturated carbocycles. The summed E-state index contributed by atoms with van der Waals surface area (Å²) in [5.41, 5.74) is 2.34. The molecular formula is C27H26ClN5O3. The van der Waals surface area contributed by atoms with E-state index in [1.54, 1.807) is 60.9 Å². The molecule has 2 atom stereocenters. The van der Waals surface area contributed by atoms with E-state index in [0.29, 0.717) is 34.8 Å². The summed E-state index contributed by atoms with van der Waals surface area (Å²) in [6, 6.07) is 16.7. The SMILES string of the molecule is CN1CCC(NC(=O)c2ccc3c(Cl)c[nH]c3c2)C(NC(=O)c2ccc(-n3ccccc3=O)cc2)C1. The summed E-state index contributed by atoms with van der Waals surface area (Å²) in [4.78, 5) is 43.4. The number of halogens is 1. The van der Waals surface area contributed by atoms with Gasteiger partial charge in [-0.3, -0.25) is 19.0 Å². The van der Waals surface area contributed by atoms with Crippen LogP contribution in [-0.4, -0.2) is 58.5 Å². The number of pyridine rings is 1. The highest BCUT2D eigenvalue weighted by molar-refractivity contribution is 6.35. The van der Waals surface area contributed by atoms with E-state index in [2.05, 4.69) is 20.5 Å². The second-order valence-corrected chi connectivity index (χ2v) is 9.47. The number of piperidine rings is 1. The zero-order chi connectivity index (χ0) is 25.2. The fraction of sp³-hybridized carbons (Fsp3) is 0.222. The van der Waals surface area contributed by atoms with Crippen LogP contribution in [0.2, 0.25) is 5.02 Å². The number of carbonyl (C=O) groups is 2. The maximum absolute atomic E-state index is 13.1. The number of hydrogen-bond donors (Lipinski definition) is 3. The van der Waals surface area contributed by atoms with Gasteiger partial charge in [-0.15, -0.1) is 0 Å². The highest BCUT2D eigenvalue weighted by Crippen LogP contribution is 2.24. The molecule has 3 heterocycles. The molecule has 1 aliphatic rings. The number of aromatic nitrogens is 2. The summed E-state index contributed by atoms with van der Waals surface area (Å²) in [6.45, 7) is 1.42. The van der Waals surface area contributed by atoms with Crippen LogP contribution >= 0.6 is 11.6 Å². The van der Waals surface area contributed by atoms with E-state index in [0.717, 1.165) is 17.4 Å². The van der Waals surface area contributed by atoms with Gasteiger partial charge in [-0.1, -0.05) is 23.7 Å². The van der Waals surface area contributed by atoms with Gasteiger partial charge < -0.3 is 20.5 Å². The number of aromatic amines is 1. The van der Waals surface area contributed by atoms with Crippen LogP contribution in [0.4, 0.5) is 0 Å². The molecule has 0 spiro atoms. The van der Waals surface area contributed by atoms with Crippen LogP contribution in [0.5, 0.6) is 0 Å². The lowest BCUT2D eigenvalue weighted by Gasteiger charge is -2.37. The van der Waals surface area contributed by atoms with Gasteiger partial charge in [-0.25, -0.2) is 0 Å². The van der Waals surface area contributed by atoms with Crippen molar-refractivity contribution >= 4 is 34.3 Å².